The molecule has 0 saturated heterocycles. The van der Waals surface area contributed by atoms with Crippen LogP contribution in [0, 0.1) is 12.8 Å². The van der Waals surface area contributed by atoms with Gasteiger partial charge in [-0.15, -0.1) is 0 Å². The molecular formula is C20H30N2O2. The second-order valence-corrected chi connectivity index (χ2v) is 7.05. The average Bonchev–Trinajstić information content (AvgIpc) is 2.59. The molecule has 1 aromatic carbocycles. The average molecular weight is 330 g/mol. The lowest BCUT2D eigenvalue weighted by Crippen LogP contribution is -2.27. The van der Waals surface area contributed by atoms with Crippen molar-refractivity contribution in [3.8, 4) is 5.75 Å². The summed E-state index contributed by atoms with van der Waals surface area (Å²) in [6.07, 6.45) is 5.60. The number of carbonyl (C=O) groups is 1. The number of amides is 1. The van der Waals surface area contributed by atoms with E-state index < -0.39 is 0 Å². The summed E-state index contributed by atoms with van der Waals surface area (Å²) in [5.41, 5.74) is 6.07. The van der Waals surface area contributed by atoms with Gasteiger partial charge in [-0.25, -0.2) is 5.43 Å². The fraction of sp³-hybridized carbons (Fsp3) is 0.600. The Labute approximate surface area is 145 Å². The van der Waals surface area contributed by atoms with Gasteiger partial charge in [-0.1, -0.05) is 44.9 Å². The van der Waals surface area contributed by atoms with Gasteiger partial charge < -0.3 is 4.74 Å². The van der Waals surface area contributed by atoms with Crippen molar-refractivity contribution in [1.29, 1.82) is 0 Å². The van der Waals surface area contributed by atoms with Crippen LogP contribution in [-0.2, 0) is 4.79 Å². The predicted octanol–water partition coefficient (Wildman–Crippen LogP) is 4.57. The van der Waals surface area contributed by atoms with E-state index >= 15 is 0 Å². The predicted molar refractivity (Wildman–Crippen MR) is 98.6 cm³/mol. The summed E-state index contributed by atoms with van der Waals surface area (Å²) in [6, 6.07) is 6.06. The largest absolute Gasteiger partial charge is 0.483 e. The Balaban J connectivity index is 1.84. The summed E-state index contributed by atoms with van der Waals surface area (Å²) < 4.78 is 5.71. The molecule has 0 radical (unpaired) electrons. The molecular weight excluding hydrogens is 300 g/mol. The van der Waals surface area contributed by atoms with E-state index in [0.29, 0.717) is 5.92 Å². The summed E-state index contributed by atoms with van der Waals surface area (Å²) in [4.78, 5) is 12.0. The molecule has 0 bridgehead atoms. The number of hydrazone groups is 1. The number of benzene rings is 1. The van der Waals surface area contributed by atoms with E-state index in [9.17, 15) is 4.79 Å². The minimum Gasteiger partial charge on any atom is -0.483 e. The van der Waals surface area contributed by atoms with Gasteiger partial charge >= 0.3 is 0 Å². The normalized spacial score (nSPS) is 17.7. The number of hydrogen-bond donors (Lipinski definition) is 1. The number of nitrogens with one attached hydrogen (secondary N) is 1. The molecule has 4 heteroatoms. The van der Waals surface area contributed by atoms with Crippen molar-refractivity contribution >= 4 is 11.6 Å². The van der Waals surface area contributed by atoms with Crippen molar-refractivity contribution in [2.24, 2.45) is 11.0 Å². The standard InChI is InChI=1S/C20H30N2O2/c1-5-16-7-9-17(10-8-16)21-22-20(23)13-24-19-11-6-15(4)12-18(19)14(2)3/h6,11-12,14,16H,5,7-10,13H2,1-4H3,(H,22,23). The molecule has 0 aromatic heterocycles. The number of ether oxygens (including phenoxy) is 1. The summed E-state index contributed by atoms with van der Waals surface area (Å²) in [7, 11) is 0. The minimum atomic E-state index is -0.199. The van der Waals surface area contributed by atoms with E-state index in [-0.39, 0.29) is 12.5 Å². The maximum Gasteiger partial charge on any atom is 0.277 e. The molecule has 1 aliphatic rings. The quantitative estimate of drug-likeness (QED) is 0.777. The fourth-order valence-electron chi connectivity index (χ4n) is 3.10. The first-order valence-electron chi connectivity index (χ1n) is 9.07. The maximum absolute atomic E-state index is 12.0. The highest BCUT2D eigenvalue weighted by Crippen LogP contribution is 2.27. The van der Waals surface area contributed by atoms with Crippen LogP contribution in [0.5, 0.6) is 5.75 Å². The highest BCUT2D eigenvalue weighted by Gasteiger charge is 2.16. The van der Waals surface area contributed by atoms with Crippen LogP contribution in [-0.4, -0.2) is 18.2 Å². The van der Waals surface area contributed by atoms with Crippen LogP contribution in [0.4, 0.5) is 0 Å². The first-order chi connectivity index (χ1) is 11.5. The Morgan fingerprint density at radius 3 is 2.67 bits per heavy atom. The zero-order chi connectivity index (χ0) is 17.5. The van der Waals surface area contributed by atoms with Crippen molar-refractivity contribution in [3.05, 3.63) is 29.3 Å². The molecule has 132 valence electrons. The SMILES string of the molecule is CCC1CCC(=NNC(=O)COc2ccc(C)cc2C(C)C)CC1. The number of rotatable bonds is 6. The van der Waals surface area contributed by atoms with E-state index in [0.717, 1.165) is 35.8 Å². The second kappa shape index (κ2) is 8.86. The smallest absolute Gasteiger partial charge is 0.277 e. The monoisotopic (exact) mass is 330 g/mol. The zero-order valence-electron chi connectivity index (χ0n) is 15.4. The van der Waals surface area contributed by atoms with Crippen LogP contribution in [0.3, 0.4) is 0 Å². The first-order valence-corrected chi connectivity index (χ1v) is 9.07. The molecule has 0 unspecified atom stereocenters. The highest BCUT2D eigenvalue weighted by atomic mass is 16.5. The zero-order valence-corrected chi connectivity index (χ0v) is 15.4. The Morgan fingerprint density at radius 2 is 2.04 bits per heavy atom. The second-order valence-electron chi connectivity index (χ2n) is 7.05. The number of hydrogen-bond acceptors (Lipinski definition) is 3. The molecule has 1 N–H and O–H groups in total. The van der Waals surface area contributed by atoms with Crippen molar-refractivity contribution < 1.29 is 9.53 Å². The summed E-state index contributed by atoms with van der Waals surface area (Å²) in [5.74, 6) is 1.76. The molecule has 1 saturated carbocycles. The third-order valence-electron chi connectivity index (χ3n) is 4.74. The molecule has 1 aromatic rings. The first kappa shape index (κ1) is 18.5. The lowest BCUT2D eigenvalue weighted by atomic mass is 9.86. The number of nitrogens with zero attached hydrogens (tertiary/aromatic N) is 1. The molecule has 1 aliphatic carbocycles. The van der Waals surface area contributed by atoms with Crippen LogP contribution in [0.2, 0.25) is 0 Å². The third kappa shape index (κ3) is 5.36. The molecule has 2 rings (SSSR count). The van der Waals surface area contributed by atoms with Gasteiger partial charge in [0.05, 0.1) is 0 Å². The Hall–Kier alpha value is -1.84. The molecule has 24 heavy (non-hydrogen) atoms. The van der Waals surface area contributed by atoms with E-state index in [2.05, 4.69) is 44.3 Å². The van der Waals surface area contributed by atoms with Crippen molar-refractivity contribution in [2.45, 2.75) is 65.7 Å². The van der Waals surface area contributed by atoms with E-state index in [4.69, 9.17) is 4.74 Å². The lowest BCUT2D eigenvalue weighted by Gasteiger charge is -2.21. The summed E-state index contributed by atoms with van der Waals surface area (Å²) in [5, 5.41) is 4.27. The highest BCUT2D eigenvalue weighted by molar-refractivity contribution is 5.87. The minimum absolute atomic E-state index is 0.00283. The van der Waals surface area contributed by atoms with Crippen LogP contribution in [0.1, 0.15) is 69.9 Å². The van der Waals surface area contributed by atoms with Gasteiger partial charge in [0.25, 0.3) is 5.91 Å². The van der Waals surface area contributed by atoms with Crippen molar-refractivity contribution in [2.75, 3.05) is 6.61 Å². The molecule has 1 fully saturated rings. The van der Waals surface area contributed by atoms with Crippen LogP contribution in [0.25, 0.3) is 0 Å². The molecule has 0 spiro atoms. The topological polar surface area (TPSA) is 50.7 Å². The third-order valence-corrected chi connectivity index (χ3v) is 4.74. The molecule has 0 aliphatic heterocycles. The maximum atomic E-state index is 12.0. The molecule has 0 heterocycles. The van der Waals surface area contributed by atoms with Gasteiger partial charge in [-0.2, -0.15) is 5.10 Å². The summed E-state index contributed by atoms with van der Waals surface area (Å²) >= 11 is 0. The lowest BCUT2D eigenvalue weighted by molar-refractivity contribution is -0.123. The number of carbonyl (C=O) groups excluding carboxylic acids is 1. The Kier molecular flexibility index (Phi) is 6.83. The van der Waals surface area contributed by atoms with Gasteiger partial charge in [0, 0.05) is 5.71 Å². The Bertz CT molecular complexity index is 583. The van der Waals surface area contributed by atoms with Gasteiger partial charge in [-0.3, -0.25) is 4.79 Å². The summed E-state index contributed by atoms with van der Waals surface area (Å²) in [6.45, 7) is 8.55. The van der Waals surface area contributed by atoms with E-state index in [1.165, 1.54) is 24.8 Å². The van der Waals surface area contributed by atoms with Crippen LogP contribution in [0.15, 0.2) is 23.3 Å². The molecule has 0 atom stereocenters. The van der Waals surface area contributed by atoms with Gasteiger partial charge in [0.1, 0.15) is 5.75 Å². The number of aryl methyl sites for hydroxylation is 1. The van der Waals surface area contributed by atoms with Crippen molar-refractivity contribution in [3.63, 3.8) is 0 Å². The van der Waals surface area contributed by atoms with Gasteiger partial charge in [0.15, 0.2) is 6.61 Å². The van der Waals surface area contributed by atoms with Crippen molar-refractivity contribution in [1.82, 2.24) is 5.43 Å². The van der Waals surface area contributed by atoms with Gasteiger partial charge in [0.2, 0.25) is 0 Å². The van der Waals surface area contributed by atoms with Crippen LogP contribution < -0.4 is 10.2 Å². The van der Waals surface area contributed by atoms with Crippen LogP contribution >= 0.6 is 0 Å². The Morgan fingerprint density at radius 1 is 1.33 bits per heavy atom. The van der Waals surface area contributed by atoms with E-state index in [1.807, 2.05) is 12.1 Å². The molecule has 1 amide bonds. The van der Waals surface area contributed by atoms with E-state index in [1.54, 1.807) is 0 Å². The fourth-order valence-corrected chi connectivity index (χ4v) is 3.10. The molecule has 4 nitrogen and oxygen atoms in total. The van der Waals surface area contributed by atoms with Gasteiger partial charge in [-0.05, 0) is 56.1 Å².